The summed E-state index contributed by atoms with van der Waals surface area (Å²) in [6.45, 7) is 0.121. The highest BCUT2D eigenvalue weighted by atomic mass is 32.2. The molecular weight excluding hydrogens is 300 g/mol. The third-order valence-corrected chi connectivity index (χ3v) is 3.96. The van der Waals surface area contributed by atoms with Crippen LogP contribution in [-0.2, 0) is 11.2 Å². The van der Waals surface area contributed by atoms with Crippen molar-refractivity contribution in [2.75, 3.05) is 12.9 Å². The maximum atomic E-state index is 11.6. The molecule has 1 N–H and O–H groups in total. The molecule has 2 aromatic heterocycles. The van der Waals surface area contributed by atoms with Gasteiger partial charge in [-0.15, -0.1) is 6.42 Å². The number of ether oxygens (including phenoxy) is 1. The van der Waals surface area contributed by atoms with Crippen molar-refractivity contribution in [2.45, 2.75) is 4.90 Å². The molecule has 0 aliphatic rings. The Hall–Kier alpha value is -2.56. The number of terminal acetylenes is 1. The van der Waals surface area contributed by atoms with Crippen LogP contribution in [0.25, 0.3) is 22.4 Å². The monoisotopic (exact) mass is 312 g/mol. The SMILES string of the molecule is C#CCOc1cc([S+](C)[O-])ccc1-c1nc2cnncc2[nH]1. The lowest BCUT2D eigenvalue weighted by atomic mass is 10.2. The number of nitrogens with one attached hydrogen (secondary N) is 1. The fraction of sp³-hybridized carbons (Fsp3) is 0.133. The van der Waals surface area contributed by atoms with Crippen molar-refractivity contribution in [1.29, 1.82) is 0 Å². The number of aromatic nitrogens is 4. The summed E-state index contributed by atoms with van der Waals surface area (Å²) in [7, 11) is 0. The van der Waals surface area contributed by atoms with E-state index in [4.69, 9.17) is 11.2 Å². The van der Waals surface area contributed by atoms with Gasteiger partial charge in [0, 0.05) is 6.07 Å². The van der Waals surface area contributed by atoms with Crippen molar-refractivity contribution < 1.29 is 9.29 Å². The van der Waals surface area contributed by atoms with Crippen molar-refractivity contribution in [3.8, 4) is 29.5 Å². The van der Waals surface area contributed by atoms with Gasteiger partial charge >= 0.3 is 0 Å². The molecule has 1 unspecified atom stereocenters. The van der Waals surface area contributed by atoms with Crippen LogP contribution in [0.3, 0.4) is 0 Å². The third kappa shape index (κ3) is 2.74. The van der Waals surface area contributed by atoms with Crippen molar-refractivity contribution in [3.05, 3.63) is 30.6 Å². The highest BCUT2D eigenvalue weighted by molar-refractivity contribution is 7.90. The lowest BCUT2D eigenvalue weighted by molar-refractivity contribution is 0.370. The predicted octanol–water partition coefficient (Wildman–Crippen LogP) is 1.77. The number of rotatable bonds is 4. The maximum absolute atomic E-state index is 11.6. The first-order chi connectivity index (χ1) is 10.7. The molecule has 0 amide bonds. The molecule has 2 heterocycles. The molecule has 1 atom stereocenters. The Labute approximate surface area is 130 Å². The lowest BCUT2D eigenvalue weighted by Gasteiger charge is -2.10. The molecule has 0 saturated carbocycles. The second-order valence-corrected chi connectivity index (χ2v) is 5.86. The van der Waals surface area contributed by atoms with Crippen LogP contribution in [0.2, 0.25) is 0 Å². The van der Waals surface area contributed by atoms with Crippen LogP contribution >= 0.6 is 0 Å². The van der Waals surface area contributed by atoms with Gasteiger partial charge in [-0.3, -0.25) is 0 Å². The molecule has 0 saturated heterocycles. The molecule has 0 bridgehead atoms. The summed E-state index contributed by atoms with van der Waals surface area (Å²) >= 11 is -1.11. The van der Waals surface area contributed by atoms with Crippen molar-refractivity contribution in [3.63, 3.8) is 0 Å². The minimum atomic E-state index is -1.11. The third-order valence-electron chi connectivity index (χ3n) is 3.05. The van der Waals surface area contributed by atoms with Gasteiger partial charge in [-0.25, -0.2) is 4.98 Å². The molecule has 0 aliphatic carbocycles. The number of hydrogen-bond donors (Lipinski definition) is 1. The Kier molecular flexibility index (Phi) is 3.96. The first-order valence-corrected chi connectivity index (χ1v) is 7.95. The first-order valence-electron chi connectivity index (χ1n) is 6.39. The highest BCUT2D eigenvalue weighted by Crippen LogP contribution is 2.31. The predicted molar refractivity (Wildman–Crippen MR) is 83.8 cm³/mol. The number of benzene rings is 1. The molecule has 7 heteroatoms. The van der Waals surface area contributed by atoms with Crippen molar-refractivity contribution in [2.24, 2.45) is 0 Å². The minimum absolute atomic E-state index is 0.121. The number of imidazole rings is 1. The van der Waals surface area contributed by atoms with Gasteiger partial charge in [-0.1, -0.05) is 5.92 Å². The van der Waals surface area contributed by atoms with E-state index < -0.39 is 11.2 Å². The zero-order chi connectivity index (χ0) is 15.5. The Morgan fingerprint density at radius 1 is 1.36 bits per heavy atom. The molecule has 110 valence electrons. The summed E-state index contributed by atoms with van der Waals surface area (Å²) in [5, 5.41) is 7.61. The van der Waals surface area contributed by atoms with Gasteiger partial charge in [-0.2, -0.15) is 10.2 Å². The van der Waals surface area contributed by atoms with E-state index >= 15 is 0 Å². The van der Waals surface area contributed by atoms with E-state index in [1.807, 2.05) is 0 Å². The second kappa shape index (κ2) is 6.05. The van der Waals surface area contributed by atoms with Gasteiger partial charge in [0.1, 0.15) is 30.0 Å². The van der Waals surface area contributed by atoms with Crippen LogP contribution in [0, 0.1) is 12.3 Å². The number of H-pyrrole nitrogens is 1. The van der Waals surface area contributed by atoms with Gasteiger partial charge in [0.15, 0.2) is 4.90 Å². The van der Waals surface area contributed by atoms with Gasteiger partial charge < -0.3 is 14.3 Å². The minimum Gasteiger partial charge on any atom is -0.612 e. The zero-order valence-corrected chi connectivity index (χ0v) is 12.6. The largest absolute Gasteiger partial charge is 0.612 e. The van der Waals surface area contributed by atoms with Gasteiger partial charge in [0.2, 0.25) is 0 Å². The van der Waals surface area contributed by atoms with Crippen LogP contribution in [0.1, 0.15) is 0 Å². The normalized spacial score (nSPS) is 12.0. The summed E-state index contributed by atoms with van der Waals surface area (Å²) in [6.07, 6.45) is 10.0. The van der Waals surface area contributed by atoms with Crippen LogP contribution in [0.4, 0.5) is 0 Å². The standard InChI is InChI=1S/C15H12N4O2S/c1-3-6-21-14-7-10(22(2)20)4-5-11(14)15-18-12-8-16-17-9-13(12)19-15/h1,4-5,7-9H,6H2,2H3,(H,18,19). The van der Waals surface area contributed by atoms with Crippen LogP contribution in [-0.4, -0.2) is 37.6 Å². The topological polar surface area (TPSA) is 86.8 Å². The van der Waals surface area contributed by atoms with E-state index in [0.717, 1.165) is 11.1 Å². The molecule has 1 aromatic carbocycles. The molecule has 0 spiro atoms. The van der Waals surface area contributed by atoms with E-state index in [9.17, 15) is 4.55 Å². The van der Waals surface area contributed by atoms with Gasteiger partial charge in [0.05, 0.1) is 23.5 Å². The van der Waals surface area contributed by atoms with Gasteiger partial charge in [-0.05, 0) is 23.3 Å². The van der Waals surface area contributed by atoms with Crippen molar-refractivity contribution >= 4 is 22.2 Å². The summed E-state index contributed by atoms with van der Waals surface area (Å²) in [4.78, 5) is 8.28. The lowest BCUT2D eigenvalue weighted by Crippen LogP contribution is -2.01. The van der Waals surface area contributed by atoms with Crippen LogP contribution < -0.4 is 4.74 Å². The molecule has 0 fully saturated rings. The molecule has 0 radical (unpaired) electrons. The fourth-order valence-electron chi connectivity index (χ4n) is 2.02. The molecule has 3 rings (SSSR count). The maximum Gasteiger partial charge on any atom is 0.156 e. The fourth-order valence-corrected chi connectivity index (χ4v) is 2.55. The second-order valence-electron chi connectivity index (χ2n) is 4.48. The zero-order valence-electron chi connectivity index (χ0n) is 11.7. The smallest absolute Gasteiger partial charge is 0.156 e. The molecular formula is C15H12N4O2S. The quantitative estimate of drug-likeness (QED) is 0.586. The van der Waals surface area contributed by atoms with E-state index in [1.165, 1.54) is 0 Å². The Morgan fingerprint density at radius 2 is 2.18 bits per heavy atom. The number of fused-ring (bicyclic) bond motifs is 1. The Bertz CT molecular complexity index is 821. The van der Waals surface area contributed by atoms with Crippen LogP contribution in [0.5, 0.6) is 5.75 Å². The van der Waals surface area contributed by atoms with Crippen molar-refractivity contribution in [1.82, 2.24) is 20.2 Å². The van der Waals surface area contributed by atoms with E-state index in [-0.39, 0.29) is 6.61 Å². The average Bonchev–Trinajstić information content (AvgIpc) is 2.96. The first kappa shape index (κ1) is 14.4. The molecule has 3 aromatic rings. The Balaban J connectivity index is 2.09. The van der Waals surface area contributed by atoms with Crippen LogP contribution in [0.15, 0.2) is 35.5 Å². The number of aromatic amines is 1. The summed E-state index contributed by atoms with van der Waals surface area (Å²) in [5.41, 5.74) is 2.22. The van der Waals surface area contributed by atoms with E-state index in [2.05, 4.69) is 26.1 Å². The molecule has 6 nitrogen and oxygen atoms in total. The number of nitrogens with zero attached hydrogens (tertiary/aromatic N) is 3. The van der Waals surface area contributed by atoms with E-state index in [0.29, 0.717) is 22.0 Å². The molecule has 22 heavy (non-hydrogen) atoms. The summed E-state index contributed by atoms with van der Waals surface area (Å²) < 4.78 is 17.2. The van der Waals surface area contributed by atoms with Gasteiger partial charge in [0.25, 0.3) is 0 Å². The van der Waals surface area contributed by atoms with E-state index in [1.54, 1.807) is 36.8 Å². The number of hydrogen-bond acceptors (Lipinski definition) is 5. The Morgan fingerprint density at radius 3 is 2.91 bits per heavy atom. The average molecular weight is 312 g/mol. The summed E-state index contributed by atoms with van der Waals surface area (Å²) in [5.74, 6) is 3.57. The summed E-state index contributed by atoms with van der Waals surface area (Å²) in [6, 6.07) is 5.30. The molecule has 0 aliphatic heterocycles. The highest BCUT2D eigenvalue weighted by Gasteiger charge is 2.15.